The lowest BCUT2D eigenvalue weighted by atomic mass is 9.93. The van der Waals surface area contributed by atoms with Crippen LogP contribution in [0.25, 0.3) is 0 Å². The Morgan fingerprint density at radius 3 is 2.40 bits per heavy atom. The Kier molecular flexibility index (Phi) is 5.92. The maximum absolute atomic E-state index is 11.2. The Morgan fingerprint density at radius 1 is 1.20 bits per heavy atom. The van der Waals surface area contributed by atoms with Crippen molar-refractivity contribution >= 4 is 5.78 Å². The Labute approximate surface area is 94.0 Å². The van der Waals surface area contributed by atoms with E-state index in [9.17, 15) is 4.79 Å². The summed E-state index contributed by atoms with van der Waals surface area (Å²) in [6.45, 7) is 7.50. The first-order valence-corrected chi connectivity index (χ1v) is 6.47. The standard InChI is InChI=1S/C13H25NO/c1-3-4-5-6-9-14-10-7-13(8-11-14)12(2)15/h13H,3-11H2,1-2H3. The third-order valence-corrected chi connectivity index (χ3v) is 3.49. The minimum atomic E-state index is 0.358. The molecule has 0 saturated carbocycles. The van der Waals surface area contributed by atoms with Crippen molar-refractivity contribution in [3.8, 4) is 0 Å². The van der Waals surface area contributed by atoms with E-state index in [2.05, 4.69) is 11.8 Å². The first kappa shape index (κ1) is 12.7. The summed E-state index contributed by atoms with van der Waals surface area (Å²) < 4.78 is 0. The van der Waals surface area contributed by atoms with Crippen molar-refractivity contribution in [2.75, 3.05) is 19.6 Å². The molecule has 2 heteroatoms. The molecule has 1 fully saturated rings. The molecule has 0 amide bonds. The molecule has 2 nitrogen and oxygen atoms in total. The van der Waals surface area contributed by atoms with Crippen molar-refractivity contribution in [1.82, 2.24) is 4.90 Å². The van der Waals surface area contributed by atoms with Crippen LogP contribution in [0.1, 0.15) is 52.4 Å². The maximum Gasteiger partial charge on any atom is 0.133 e. The number of carbonyl (C=O) groups is 1. The van der Waals surface area contributed by atoms with Gasteiger partial charge >= 0.3 is 0 Å². The second-order valence-electron chi connectivity index (χ2n) is 4.79. The molecule has 0 radical (unpaired) electrons. The number of ketones is 1. The molecule has 1 aliphatic rings. The fourth-order valence-corrected chi connectivity index (χ4v) is 2.33. The highest BCUT2D eigenvalue weighted by atomic mass is 16.1. The Hall–Kier alpha value is -0.370. The van der Waals surface area contributed by atoms with E-state index in [1.165, 1.54) is 32.2 Å². The predicted octanol–water partition coefficient (Wildman–Crippen LogP) is 2.87. The molecular formula is C13H25NO. The number of rotatable bonds is 6. The van der Waals surface area contributed by atoms with E-state index >= 15 is 0 Å². The van der Waals surface area contributed by atoms with Gasteiger partial charge in [0.05, 0.1) is 0 Å². The molecule has 0 aliphatic carbocycles. The van der Waals surface area contributed by atoms with E-state index in [-0.39, 0.29) is 0 Å². The highest BCUT2D eigenvalue weighted by molar-refractivity contribution is 5.78. The van der Waals surface area contributed by atoms with Gasteiger partial charge in [-0.1, -0.05) is 26.2 Å². The summed E-state index contributed by atoms with van der Waals surface area (Å²) in [4.78, 5) is 13.7. The lowest BCUT2D eigenvalue weighted by Gasteiger charge is -2.30. The third kappa shape index (κ3) is 4.78. The van der Waals surface area contributed by atoms with Crippen molar-refractivity contribution in [2.45, 2.75) is 52.4 Å². The number of hydrogen-bond acceptors (Lipinski definition) is 2. The smallest absolute Gasteiger partial charge is 0.133 e. The number of carbonyl (C=O) groups excluding carboxylic acids is 1. The van der Waals surface area contributed by atoms with Gasteiger partial charge in [-0.05, 0) is 45.8 Å². The van der Waals surface area contributed by atoms with E-state index in [1.807, 2.05) is 0 Å². The molecule has 0 unspecified atom stereocenters. The van der Waals surface area contributed by atoms with Crippen LogP contribution in [-0.4, -0.2) is 30.3 Å². The molecule has 88 valence electrons. The summed E-state index contributed by atoms with van der Waals surface area (Å²) >= 11 is 0. The van der Waals surface area contributed by atoms with Gasteiger partial charge in [0.1, 0.15) is 5.78 Å². The number of nitrogens with zero attached hydrogens (tertiary/aromatic N) is 1. The molecule has 0 aromatic rings. The largest absolute Gasteiger partial charge is 0.303 e. The summed E-state index contributed by atoms with van der Waals surface area (Å²) in [6, 6.07) is 0. The van der Waals surface area contributed by atoms with Crippen LogP contribution in [-0.2, 0) is 4.79 Å². The molecule has 0 aromatic carbocycles. The minimum Gasteiger partial charge on any atom is -0.303 e. The molecular weight excluding hydrogens is 186 g/mol. The SMILES string of the molecule is CCCCCCN1CCC(C(C)=O)CC1. The summed E-state index contributed by atoms with van der Waals surface area (Å²) in [7, 11) is 0. The Balaban J connectivity index is 2.07. The Morgan fingerprint density at radius 2 is 1.87 bits per heavy atom. The second-order valence-corrected chi connectivity index (χ2v) is 4.79. The van der Waals surface area contributed by atoms with Crippen molar-refractivity contribution < 1.29 is 4.79 Å². The van der Waals surface area contributed by atoms with Gasteiger partial charge < -0.3 is 4.90 Å². The van der Waals surface area contributed by atoms with Crippen molar-refractivity contribution in [3.05, 3.63) is 0 Å². The highest BCUT2D eigenvalue weighted by Gasteiger charge is 2.21. The van der Waals surface area contributed by atoms with Crippen LogP contribution in [0.3, 0.4) is 0 Å². The second kappa shape index (κ2) is 7.00. The lowest BCUT2D eigenvalue weighted by Crippen LogP contribution is -2.36. The van der Waals surface area contributed by atoms with Gasteiger partial charge in [0.2, 0.25) is 0 Å². The summed E-state index contributed by atoms with van der Waals surface area (Å²) in [5, 5.41) is 0. The van der Waals surface area contributed by atoms with Crippen LogP contribution in [0, 0.1) is 5.92 Å². The zero-order chi connectivity index (χ0) is 11.1. The summed E-state index contributed by atoms with van der Waals surface area (Å²) in [5.74, 6) is 0.748. The van der Waals surface area contributed by atoms with E-state index < -0.39 is 0 Å². The van der Waals surface area contributed by atoms with Crippen LogP contribution in [0.5, 0.6) is 0 Å². The molecule has 1 heterocycles. The highest BCUT2D eigenvalue weighted by Crippen LogP contribution is 2.18. The van der Waals surface area contributed by atoms with Crippen molar-refractivity contribution in [3.63, 3.8) is 0 Å². The van der Waals surface area contributed by atoms with Crippen LogP contribution in [0.15, 0.2) is 0 Å². The average molecular weight is 211 g/mol. The fraction of sp³-hybridized carbons (Fsp3) is 0.923. The Bertz CT molecular complexity index is 183. The van der Waals surface area contributed by atoms with Crippen molar-refractivity contribution in [1.29, 1.82) is 0 Å². The molecule has 0 aromatic heterocycles. The zero-order valence-electron chi connectivity index (χ0n) is 10.3. The molecule has 1 saturated heterocycles. The van der Waals surface area contributed by atoms with Crippen LogP contribution in [0.4, 0.5) is 0 Å². The topological polar surface area (TPSA) is 20.3 Å². The van der Waals surface area contributed by atoms with E-state index in [0.29, 0.717) is 11.7 Å². The molecule has 1 rings (SSSR count). The van der Waals surface area contributed by atoms with Crippen LogP contribution in [0.2, 0.25) is 0 Å². The van der Waals surface area contributed by atoms with Gasteiger partial charge in [0.15, 0.2) is 0 Å². The van der Waals surface area contributed by atoms with E-state index in [1.54, 1.807) is 6.92 Å². The van der Waals surface area contributed by atoms with Gasteiger partial charge in [-0.2, -0.15) is 0 Å². The number of unbranched alkanes of at least 4 members (excludes halogenated alkanes) is 3. The van der Waals surface area contributed by atoms with Gasteiger partial charge in [-0.3, -0.25) is 4.79 Å². The minimum absolute atomic E-state index is 0.358. The maximum atomic E-state index is 11.2. The summed E-state index contributed by atoms with van der Waals surface area (Å²) in [6.07, 6.45) is 7.55. The zero-order valence-corrected chi connectivity index (χ0v) is 10.3. The molecule has 0 N–H and O–H groups in total. The molecule has 1 aliphatic heterocycles. The van der Waals surface area contributed by atoms with Gasteiger partial charge in [-0.25, -0.2) is 0 Å². The van der Waals surface area contributed by atoms with Crippen LogP contribution >= 0.6 is 0 Å². The van der Waals surface area contributed by atoms with Crippen LogP contribution < -0.4 is 0 Å². The first-order chi connectivity index (χ1) is 7.24. The number of hydrogen-bond donors (Lipinski definition) is 0. The number of piperidine rings is 1. The lowest BCUT2D eigenvalue weighted by molar-refractivity contribution is -0.122. The number of likely N-dealkylation sites (tertiary alicyclic amines) is 1. The molecule has 0 atom stereocenters. The summed E-state index contributed by atoms with van der Waals surface area (Å²) in [5.41, 5.74) is 0. The molecule has 0 bridgehead atoms. The van der Waals surface area contributed by atoms with Gasteiger partial charge in [0, 0.05) is 5.92 Å². The predicted molar refractivity (Wildman–Crippen MR) is 64.0 cm³/mol. The van der Waals surface area contributed by atoms with Gasteiger partial charge in [0.25, 0.3) is 0 Å². The molecule has 15 heavy (non-hydrogen) atoms. The quantitative estimate of drug-likeness (QED) is 0.630. The van der Waals surface area contributed by atoms with E-state index in [4.69, 9.17) is 0 Å². The fourth-order valence-electron chi connectivity index (χ4n) is 2.33. The van der Waals surface area contributed by atoms with E-state index in [0.717, 1.165) is 25.9 Å². The van der Waals surface area contributed by atoms with Crippen molar-refractivity contribution in [2.24, 2.45) is 5.92 Å². The average Bonchev–Trinajstić information content (AvgIpc) is 2.25. The number of Topliss-reactive ketones (excluding diaryl/α,β-unsaturated/α-hetero) is 1. The monoisotopic (exact) mass is 211 g/mol. The van der Waals surface area contributed by atoms with Gasteiger partial charge in [-0.15, -0.1) is 0 Å². The molecule has 0 spiro atoms. The normalized spacial score (nSPS) is 19.3. The third-order valence-electron chi connectivity index (χ3n) is 3.49. The first-order valence-electron chi connectivity index (χ1n) is 6.47.